The molecule has 3 rings (SSSR count). The van der Waals surface area contributed by atoms with Gasteiger partial charge < -0.3 is 14.8 Å². The number of piperidine rings is 1. The highest BCUT2D eigenvalue weighted by Gasteiger charge is 2.31. The molecular weight excluding hydrogens is 444 g/mol. The zero-order valence-electron chi connectivity index (χ0n) is 19.3. The first-order chi connectivity index (χ1) is 15.6. The van der Waals surface area contributed by atoms with E-state index in [4.69, 9.17) is 9.47 Å². The van der Waals surface area contributed by atoms with Gasteiger partial charge in [-0.2, -0.15) is 4.31 Å². The smallest absolute Gasteiger partial charge is 0.262 e. The van der Waals surface area contributed by atoms with Crippen LogP contribution in [-0.2, 0) is 14.8 Å². The minimum atomic E-state index is -3.58. The van der Waals surface area contributed by atoms with Crippen LogP contribution in [0.2, 0.25) is 0 Å². The first-order valence-electron chi connectivity index (χ1n) is 10.8. The summed E-state index contributed by atoms with van der Waals surface area (Å²) in [6, 6.07) is 10.8. The number of benzene rings is 2. The van der Waals surface area contributed by atoms with E-state index < -0.39 is 15.9 Å². The molecule has 9 heteroatoms. The van der Waals surface area contributed by atoms with Crippen molar-refractivity contribution in [2.45, 2.75) is 32.1 Å². The number of anilines is 1. The van der Waals surface area contributed by atoms with E-state index in [2.05, 4.69) is 19.2 Å². The molecule has 0 aliphatic carbocycles. The van der Waals surface area contributed by atoms with E-state index in [0.717, 1.165) is 6.42 Å². The van der Waals surface area contributed by atoms with Crippen LogP contribution in [0, 0.1) is 11.8 Å². The van der Waals surface area contributed by atoms with Gasteiger partial charge in [-0.25, -0.2) is 8.42 Å². The van der Waals surface area contributed by atoms with E-state index in [9.17, 15) is 18.0 Å². The van der Waals surface area contributed by atoms with Gasteiger partial charge in [0.2, 0.25) is 10.0 Å². The number of hydrogen-bond donors (Lipinski definition) is 1. The fourth-order valence-electron chi connectivity index (χ4n) is 4.01. The van der Waals surface area contributed by atoms with Crippen LogP contribution >= 0.6 is 0 Å². The van der Waals surface area contributed by atoms with Crippen LogP contribution in [0.3, 0.4) is 0 Å². The van der Waals surface area contributed by atoms with Crippen LogP contribution < -0.4 is 14.8 Å². The number of hydrogen-bond acceptors (Lipinski definition) is 6. The SMILES string of the molecule is COc1cc(C(C)=O)ccc1OCC(=O)Nc1ccc(S(=O)(=O)N2CC(C)CC(C)C2)cc1. The van der Waals surface area contributed by atoms with Crippen LogP contribution in [-0.4, -0.2) is 51.2 Å². The topological polar surface area (TPSA) is 102 Å². The highest BCUT2D eigenvalue weighted by Crippen LogP contribution is 2.29. The Hall–Kier alpha value is -2.91. The molecule has 1 saturated heterocycles. The molecule has 2 unspecified atom stereocenters. The molecule has 1 fully saturated rings. The standard InChI is InChI=1S/C24H30N2O6S/c1-16-11-17(2)14-26(13-16)33(29,30)21-8-6-20(7-9-21)25-24(28)15-32-22-10-5-19(18(3)27)12-23(22)31-4/h5-10,12,16-17H,11,13-15H2,1-4H3,(H,25,28). The van der Waals surface area contributed by atoms with Crippen LogP contribution in [0.15, 0.2) is 47.4 Å². The summed E-state index contributed by atoms with van der Waals surface area (Å²) in [5.41, 5.74) is 0.939. The first kappa shape index (κ1) is 24.7. The Bertz CT molecular complexity index is 1100. The predicted molar refractivity (Wildman–Crippen MR) is 125 cm³/mol. The molecular formula is C24H30N2O6S. The summed E-state index contributed by atoms with van der Waals surface area (Å²) in [5.74, 6) is 0.809. The van der Waals surface area contributed by atoms with Gasteiger partial charge in [-0.3, -0.25) is 9.59 Å². The van der Waals surface area contributed by atoms with Crippen LogP contribution in [0.4, 0.5) is 5.69 Å². The average molecular weight is 475 g/mol. The molecule has 0 saturated carbocycles. The van der Waals surface area contributed by atoms with E-state index in [-0.39, 0.29) is 17.3 Å². The summed E-state index contributed by atoms with van der Waals surface area (Å²) in [7, 11) is -2.13. The molecule has 33 heavy (non-hydrogen) atoms. The molecule has 0 spiro atoms. The quantitative estimate of drug-likeness (QED) is 0.587. The third-order valence-electron chi connectivity index (χ3n) is 5.54. The highest BCUT2D eigenvalue weighted by atomic mass is 32.2. The average Bonchev–Trinajstić information content (AvgIpc) is 2.77. The summed E-state index contributed by atoms with van der Waals surface area (Å²) in [4.78, 5) is 24.0. The largest absolute Gasteiger partial charge is 0.493 e. The summed E-state index contributed by atoms with van der Waals surface area (Å²) in [6.07, 6.45) is 1.02. The minimum absolute atomic E-state index is 0.104. The Morgan fingerprint density at radius 2 is 1.67 bits per heavy atom. The zero-order chi connectivity index (χ0) is 24.2. The molecule has 0 aromatic heterocycles. The molecule has 1 amide bonds. The van der Waals surface area contributed by atoms with Gasteiger partial charge >= 0.3 is 0 Å². The van der Waals surface area contributed by atoms with Gasteiger partial charge in [0.1, 0.15) is 0 Å². The molecule has 2 aromatic carbocycles. The maximum Gasteiger partial charge on any atom is 0.262 e. The highest BCUT2D eigenvalue weighted by molar-refractivity contribution is 7.89. The van der Waals surface area contributed by atoms with Crippen molar-refractivity contribution < 1.29 is 27.5 Å². The molecule has 0 radical (unpaired) electrons. The van der Waals surface area contributed by atoms with Gasteiger partial charge in [-0.1, -0.05) is 13.8 Å². The minimum Gasteiger partial charge on any atom is -0.493 e. The molecule has 178 valence electrons. The first-order valence-corrected chi connectivity index (χ1v) is 12.3. The van der Waals surface area contributed by atoms with Crippen LogP contribution in [0.1, 0.15) is 37.6 Å². The van der Waals surface area contributed by atoms with Gasteiger partial charge in [0.15, 0.2) is 23.9 Å². The number of carbonyl (C=O) groups is 2. The molecule has 1 N–H and O–H groups in total. The van der Waals surface area contributed by atoms with E-state index in [1.807, 2.05) is 0 Å². The third-order valence-corrected chi connectivity index (χ3v) is 7.39. The number of amides is 1. The Labute approximate surface area is 194 Å². The van der Waals surface area contributed by atoms with Gasteiger partial charge in [-0.15, -0.1) is 0 Å². The maximum atomic E-state index is 13.0. The Morgan fingerprint density at radius 1 is 1.03 bits per heavy atom. The second-order valence-corrected chi connectivity index (χ2v) is 10.5. The van der Waals surface area contributed by atoms with E-state index >= 15 is 0 Å². The van der Waals surface area contributed by atoms with E-state index in [1.165, 1.54) is 30.5 Å². The number of Topliss-reactive ketones (excluding diaryl/α,β-unsaturated/α-hetero) is 1. The molecule has 2 atom stereocenters. The fourth-order valence-corrected chi connectivity index (χ4v) is 5.69. The van der Waals surface area contributed by atoms with Gasteiger partial charge in [-0.05, 0) is 67.6 Å². The van der Waals surface area contributed by atoms with Crippen molar-refractivity contribution in [3.05, 3.63) is 48.0 Å². The lowest BCUT2D eigenvalue weighted by molar-refractivity contribution is -0.118. The predicted octanol–water partition coefficient (Wildman–Crippen LogP) is 3.58. The number of rotatable bonds is 8. The number of methoxy groups -OCH3 is 1. The summed E-state index contributed by atoms with van der Waals surface area (Å²) in [6.45, 7) is 6.32. The van der Waals surface area contributed by atoms with Crippen molar-refractivity contribution in [2.75, 3.05) is 32.1 Å². The summed E-state index contributed by atoms with van der Waals surface area (Å²) in [5, 5.41) is 2.68. The number of carbonyl (C=O) groups excluding carboxylic acids is 2. The Balaban J connectivity index is 1.61. The molecule has 1 aliphatic heterocycles. The van der Waals surface area contributed by atoms with Crippen molar-refractivity contribution in [2.24, 2.45) is 11.8 Å². The molecule has 8 nitrogen and oxygen atoms in total. The molecule has 0 bridgehead atoms. The van der Waals surface area contributed by atoms with Crippen LogP contribution in [0.25, 0.3) is 0 Å². The zero-order valence-corrected chi connectivity index (χ0v) is 20.1. The second-order valence-electron chi connectivity index (χ2n) is 8.55. The number of nitrogens with one attached hydrogen (secondary N) is 1. The van der Waals surface area contributed by atoms with E-state index in [1.54, 1.807) is 30.3 Å². The Morgan fingerprint density at radius 3 is 2.24 bits per heavy atom. The summed E-state index contributed by atoms with van der Waals surface area (Å²) < 4.78 is 38.3. The number of ketones is 1. The molecule has 1 heterocycles. The fraction of sp³-hybridized carbons (Fsp3) is 0.417. The lowest BCUT2D eigenvalue weighted by atomic mass is 9.94. The number of ether oxygens (including phenoxy) is 2. The normalized spacial score (nSPS) is 19.0. The van der Waals surface area contributed by atoms with Crippen molar-refractivity contribution >= 4 is 27.4 Å². The maximum absolute atomic E-state index is 13.0. The lowest BCUT2D eigenvalue weighted by Crippen LogP contribution is -2.42. The lowest BCUT2D eigenvalue weighted by Gasteiger charge is -2.34. The van der Waals surface area contributed by atoms with Crippen molar-refractivity contribution in [1.29, 1.82) is 0 Å². The monoisotopic (exact) mass is 474 g/mol. The van der Waals surface area contributed by atoms with Gasteiger partial charge in [0.25, 0.3) is 5.91 Å². The van der Waals surface area contributed by atoms with Crippen molar-refractivity contribution in [3.63, 3.8) is 0 Å². The number of nitrogens with zero attached hydrogens (tertiary/aromatic N) is 1. The van der Waals surface area contributed by atoms with E-state index in [0.29, 0.717) is 47.7 Å². The van der Waals surface area contributed by atoms with Crippen LogP contribution in [0.5, 0.6) is 11.5 Å². The second kappa shape index (κ2) is 10.4. The van der Waals surface area contributed by atoms with Gasteiger partial charge in [0.05, 0.1) is 12.0 Å². The molecule has 1 aliphatic rings. The van der Waals surface area contributed by atoms with Crippen molar-refractivity contribution in [3.8, 4) is 11.5 Å². The molecule has 2 aromatic rings. The third kappa shape index (κ3) is 6.11. The number of sulfonamides is 1. The Kier molecular flexibility index (Phi) is 7.76. The van der Waals surface area contributed by atoms with Crippen molar-refractivity contribution in [1.82, 2.24) is 4.31 Å². The van der Waals surface area contributed by atoms with Gasteiger partial charge in [0, 0.05) is 24.3 Å². The summed E-state index contributed by atoms with van der Waals surface area (Å²) >= 11 is 0.